The van der Waals surface area contributed by atoms with Crippen LogP contribution in [0.3, 0.4) is 0 Å². The molecule has 5 rings (SSSR count). The number of para-hydroxylation sites is 1. The highest BCUT2D eigenvalue weighted by Crippen LogP contribution is 2.43. The van der Waals surface area contributed by atoms with Gasteiger partial charge in [-0.15, -0.1) is 0 Å². The second kappa shape index (κ2) is 10.9. The summed E-state index contributed by atoms with van der Waals surface area (Å²) in [6, 6.07) is 16.3. The fraction of sp³-hybridized carbons (Fsp3) is 0.241. The van der Waals surface area contributed by atoms with Gasteiger partial charge in [-0.1, -0.05) is 53.0 Å². The Labute approximate surface area is 236 Å². The van der Waals surface area contributed by atoms with Gasteiger partial charge in [-0.3, -0.25) is 0 Å². The van der Waals surface area contributed by atoms with Gasteiger partial charge in [0.05, 0.1) is 38.2 Å². The molecule has 1 aromatic heterocycles. The molecule has 1 fully saturated rings. The van der Waals surface area contributed by atoms with Crippen LogP contribution < -0.4 is 9.64 Å². The average molecular weight is 571 g/mol. The molecule has 0 bridgehead atoms. The maximum absolute atomic E-state index is 11.3. The van der Waals surface area contributed by atoms with Crippen LogP contribution in [0.5, 0.6) is 5.75 Å². The van der Waals surface area contributed by atoms with Gasteiger partial charge in [-0.2, -0.15) is 5.10 Å². The van der Waals surface area contributed by atoms with E-state index in [9.17, 15) is 9.90 Å². The summed E-state index contributed by atoms with van der Waals surface area (Å²) in [5.74, 6) is 0.174. The Balaban J connectivity index is 1.33. The zero-order valence-corrected chi connectivity index (χ0v) is 23.2. The van der Waals surface area contributed by atoms with Crippen LogP contribution in [-0.4, -0.2) is 27.9 Å². The molecule has 38 heavy (non-hydrogen) atoms. The van der Waals surface area contributed by atoms with Gasteiger partial charge in [-0.25, -0.2) is 9.48 Å². The number of carbonyl (C=O) groups is 1. The number of hydrogen-bond donors (Lipinski definition) is 1. The Kier molecular flexibility index (Phi) is 7.57. The number of aromatic carboxylic acids is 1. The number of ether oxygens (including phenoxy) is 1. The zero-order valence-electron chi connectivity index (χ0n) is 20.9. The summed E-state index contributed by atoms with van der Waals surface area (Å²) in [6.45, 7) is 2.66. The molecule has 1 heterocycles. The molecule has 1 aliphatic rings. The molecule has 3 aromatic carbocycles. The van der Waals surface area contributed by atoms with Crippen molar-refractivity contribution < 1.29 is 14.6 Å². The van der Waals surface area contributed by atoms with Crippen LogP contribution >= 0.6 is 34.8 Å². The first-order valence-electron chi connectivity index (χ1n) is 12.2. The van der Waals surface area contributed by atoms with Crippen molar-refractivity contribution in [2.75, 3.05) is 11.9 Å². The van der Waals surface area contributed by atoms with Crippen LogP contribution in [0.4, 0.5) is 5.69 Å². The molecule has 0 radical (unpaired) electrons. The van der Waals surface area contributed by atoms with Gasteiger partial charge >= 0.3 is 5.97 Å². The Hall–Kier alpha value is -3.19. The first-order valence-corrected chi connectivity index (χ1v) is 13.3. The number of anilines is 1. The minimum atomic E-state index is -0.927. The van der Waals surface area contributed by atoms with E-state index in [1.54, 1.807) is 35.9 Å². The van der Waals surface area contributed by atoms with Crippen molar-refractivity contribution in [2.24, 2.45) is 0 Å². The zero-order chi connectivity index (χ0) is 27.0. The maximum atomic E-state index is 11.3. The summed E-state index contributed by atoms with van der Waals surface area (Å²) in [4.78, 5) is 13.3. The molecular weight excluding hydrogens is 545 g/mol. The van der Waals surface area contributed by atoms with Crippen molar-refractivity contribution in [3.8, 4) is 11.4 Å². The third kappa shape index (κ3) is 5.48. The van der Waals surface area contributed by atoms with Gasteiger partial charge in [0.2, 0.25) is 0 Å². The van der Waals surface area contributed by atoms with E-state index in [4.69, 9.17) is 39.5 Å². The van der Waals surface area contributed by atoms with Crippen molar-refractivity contribution in [2.45, 2.75) is 38.8 Å². The fourth-order valence-electron chi connectivity index (χ4n) is 4.61. The van der Waals surface area contributed by atoms with Crippen LogP contribution in [-0.2, 0) is 13.2 Å². The highest BCUT2D eigenvalue weighted by Gasteiger charge is 2.30. The van der Waals surface area contributed by atoms with Crippen LogP contribution in [0.15, 0.2) is 60.8 Å². The van der Waals surface area contributed by atoms with E-state index in [-0.39, 0.29) is 6.61 Å². The number of carboxylic acid groups (broad SMARTS) is 1. The van der Waals surface area contributed by atoms with E-state index in [0.717, 1.165) is 40.9 Å². The molecule has 196 valence electrons. The first kappa shape index (κ1) is 26.4. The lowest BCUT2D eigenvalue weighted by Crippen LogP contribution is -2.17. The molecule has 0 spiro atoms. The van der Waals surface area contributed by atoms with E-state index in [0.29, 0.717) is 44.5 Å². The van der Waals surface area contributed by atoms with E-state index in [2.05, 4.69) is 5.10 Å². The molecule has 6 nitrogen and oxygen atoms in total. The molecule has 4 aromatic rings. The summed E-state index contributed by atoms with van der Waals surface area (Å²) in [6.07, 6.45) is 4.13. The minimum absolute atomic E-state index is 0.286. The van der Waals surface area contributed by atoms with Gasteiger partial charge in [0.15, 0.2) is 0 Å². The van der Waals surface area contributed by atoms with Crippen molar-refractivity contribution >= 4 is 46.5 Å². The number of nitrogens with zero attached hydrogens (tertiary/aromatic N) is 3. The van der Waals surface area contributed by atoms with Crippen LogP contribution in [0.25, 0.3) is 5.69 Å². The highest BCUT2D eigenvalue weighted by atomic mass is 35.5. The number of rotatable bonds is 9. The molecule has 1 saturated carbocycles. The largest absolute Gasteiger partial charge is 0.487 e. The SMILES string of the molecule is Cc1cc(CN(C)c2ccc(OCc3c(C4CC4)cnn3-c3c(Cl)cccc3Cl)cc2Cl)ccc1C(=O)O. The number of halogens is 3. The summed E-state index contributed by atoms with van der Waals surface area (Å²) in [5.41, 5.74) is 5.56. The average Bonchev–Trinajstić information content (AvgIpc) is 3.62. The maximum Gasteiger partial charge on any atom is 0.335 e. The van der Waals surface area contributed by atoms with E-state index in [1.165, 1.54) is 0 Å². The molecule has 0 amide bonds. The normalized spacial score (nSPS) is 13.0. The van der Waals surface area contributed by atoms with Crippen LogP contribution in [0.1, 0.15) is 51.5 Å². The third-order valence-corrected chi connectivity index (χ3v) is 7.63. The Morgan fingerprint density at radius 3 is 2.45 bits per heavy atom. The monoisotopic (exact) mass is 569 g/mol. The topological polar surface area (TPSA) is 67.6 Å². The number of carboxylic acids is 1. The number of aromatic nitrogens is 2. The summed E-state index contributed by atoms with van der Waals surface area (Å²) in [5, 5.41) is 15.5. The summed E-state index contributed by atoms with van der Waals surface area (Å²) < 4.78 is 7.97. The van der Waals surface area contributed by atoms with Gasteiger partial charge < -0.3 is 14.7 Å². The molecule has 0 aliphatic heterocycles. The quantitative estimate of drug-likeness (QED) is 0.221. The van der Waals surface area contributed by atoms with E-state index < -0.39 is 5.97 Å². The standard InChI is InChI=1S/C29H26Cl3N3O3/c1-17-12-18(6-10-21(17)29(36)37)15-34(2)26-11-9-20(13-25(26)32)38-16-27-22(19-7-8-19)14-33-35(27)28-23(30)4-3-5-24(28)31/h3-6,9-14,19H,7-8,15-16H2,1-2H3,(H,36,37). The summed E-state index contributed by atoms with van der Waals surface area (Å²) >= 11 is 19.6. The van der Waals surface area contributed by atoms with E-state index in [1.807, 2.05) is 48.5 Å². The molecule has 9 heteroatoms. The second-order valence-electron chi connectivity index (χ2n) is 9.52. The highest BCUT2D eigenvalue weighted by molar-refractivity contribution is 6.37. The van der Waals surface area contributed by atoms with Crippen molar-refractivity contribution in [3.05, 3.63) is 104 Å². The molecule has 0 atom stereocenters. The van der Waals surface area contributed by atoms with Crippen molar-refractivity contribution in [1.82, 2.24) is 9.78 Å². The fourth-order valence-corrected chi connectivity index (χ4v) is 5.48. The molecular formula is C29H26Cl3N3O3. The number of aryl methyl sites for hydroxylation is 1. The number of benzene rings is 3. The minimum Gasteiger partial charge on any atom is -0.487 e. The van der Waals surface area contributed by atoms with E-state index >= 15 is 0 Å². The molecule has 0 saturated heterocycles. The molecule has 1 aliphatic carbocycles. The lowest BCUT2D eigenvalue weighted by molar-refractivity contribution is 0.0696. The Morgan fingerprint density at radius 2 is 1.82 bits per heavy atom. The second-order valence-corrected chi connectivity index (χ2v) is 10.7. The number of hydrogen-bond acceptors (Lipinski definition) is 4. The van der Waals surface area contributed by atoms with Crippen molar-refractivity contribution in [3.63, 3.8) is 0 Å². The van der Waals surface area contributed by atoms with Crippen LogP contribution in [0.2, 0.25) is 15.1 Å². The Bertz CT molecular complexity index is 1490. The molecule has 0 unspecified atom stereocenters. The van der Waals surface area contributed by atoms with Gasteiger partial charge in [0.1, 0.15) is 18.0 Å². The smallest absolute Gasteiger partial charge is 0.335 e. The first-order chi connectivity index (χ1) is 18.2. The predicted molar refractivity (Wildman–Crippen MR) is 152 cm³/mol. The van der Waals surface area contributed by atoms with Gasteiger partial charge in [0, 0.05) is 25.2 Å². The lowest BCUT2D eigenvalue weighted by Gasteiger charge is -2.22. The molecule has 1 N–H and O–H groups in total. The third-order valence-electron chi connectivity index (χ3n) is 6.71. The predicted octanol–water partition coefficient (Wildman–Crippen LogP) is 7.93. The summed E-state index contributed by atoms with van der Waals surface area (Å²) in [7, 11) is 1.94. The van der Waals surface area contributed by atoms with Gasteiger partial charge in [-0.05, 0) is 67.1 Å². The Morgan fingerprint density at radius 1 is 1.08 bits per heavy atom. The van der Waals surface area contributed by atoms with Gasteiger partial charge in [0.25, 0.3) is 0 Å². The van der Waals surface area contributed by atoms with Crippen LogP contribution in [0, 0.1) is 6.92 Å². The lowest BCUT2D eigenvalue weighted by atomic mass is 10.0. The van der Waals surface area contributed by atoms with Crippen molar-refractivity contribution in [1.29, 1.82) is 0 Å².